The molecule has 1 amide bonds. The van der Waals surface area contributed by atoms with Gasteiger partial charge in [-0.1, -0.05) is 18.2 Å². The third-order valence-corrected chi connectivity index (χ3v) is 4.89. The van der Waals surface area contributed by atoms with Crippen molar-refractivity contribution in [1.29, 1.82) is 0 Å². The molecule has 0 saturated carbocycles. The molecular formula is C19H20F3NO2. The number of Topliss-reactive ketones (excluding diaryl/α,β-unsaturated/α-hetero) is 1. The van der Waals surface area contributed by atoms with Crippen LogP contribution in [-0.2, 0) is 11.0 Å². The summed E-state index contributed by atoms with van der Waals surface area (Å²) in [7, 11) is 0. The predicted molar refractivity (Wildman–Crippen MR) is 87.0 cm³/mol. The zero-order chi connectivity index (χ0) is 18.0. The average molecular weight is 351 g/mol. The van der Waals surface area contributed by atoms with Gasteiger partial charge in [-0.05, 0) is 44.2 Å². The van der Waals surface area contributed by atoms with Gasteiger partial charge in [0, 0.05) is 30.1 Å². The highest BCUT2D eigenvalue weighted by Crippen LogP contribution is 2.30. The lowest BCUT2D eigenvalue weighted by atomic mass is 9.89. The van der Waals surface area contributed by atoms with E-state index < -0.39 is 11.7 Å². The second-order valence-electron chi connectivity index (χ2n) is 6.65. The van der Waals surface area contributed by atoms with Crippen molar-refractivity contribution in [2.24, 2.45) is 5.92 Å². The Hall–Kier alpha value is -2.11. The number of nitrogens with zero attached hydrogens (tertiary/aromatic N) is 1. The Morgan fingerprint density at radius 2 is 1.80 bits per heavy atom. The third-order valence-electron chi connectivity index (χ3n) is 4.89. The van der Waals surface area contributed by atoms with Gasteiger partial charge in [0.05, 0.1) is 5.56 Å². The number of rotatable bonds is 3. The van der Waals surface area contributed by atoms with E-state index in [0.717, 1.165) is 43.4 Å². The van der Waals surface area contributed by atoms with Crippen LogP contribution in [0.3, 0.4) is 0 Å². The molecule has 2 aliphatic rings. The molecule has 0 N–H and O–H groups in total. The normalized spacial score (nSPS) is 21.2. The largest absolute Gasteiger partial charge is 0.416 e. The Kier molecular flexibility index (Phi) is 4.97. The third kappa shape index (κ3) is 3.94. The number of hydrogen-bond donors (Lipinski definition) is 0. The summed E-state index contributed by atoms with van der Waals surface area (Å²) >= 11 is 0. The molecule has 0 aromatic heterocycles. The van der Waals surface area contributed by atoms with Gasteiger partial charge in [-0.2, -0.15) is 13.2 Å². The standard InChI is InChI=1S/C19H20F3NO2/c20-19(21,22)16-9-7-13(8-10-16)17(24)15-6-3-11-23(12-15)18(25)14-4-1-2-5-14/h4,7-10,15H,1-3,5-6,11-12H2/t15-/m0/s1. The Bertz CT molecular complexity index is 692. The summed E-state index contributed by atoms with van der Waals surface area (Å²) in [5.74, 6) is -0.537. The number of benzene rings is 1. The molecule has 1 aliphatic heterocycles. The topological polar surface area (TPSA) is 37.4 Å². The fourth-order valence-corrected chi connectivity index (χ4v) is 3.50. The summed E-state index contributed by atoms with van der Waals surface area (Å²) in [5, 5.41) is 0. The van der Waals surface area contributed by atoms with E-state index in [1.54, 1.807) is 4.90 Å². The van der Waals surface area contributed by atoms with E-state index in [-0.39, 0.29) is 23.2 Å². The Morgan fingerprint density at radius 1 is 1.08 bits per heavy atom. The van der Waals surface area contributed by atoms with Crippen molar-refractivity contribution in [3.8, 4) is 0 Å². The van der Waals surface area contributed by atoms with Gasteiger partial charge >= 0.3 is 6.18 Å². The van der Waals surface area contributed by atoms with Gasteiger partial charge in [0.1, 0.15) is 0 Å². The first-order valence-corrected chi connectivity index (χ1v) is 8.56. The summed E-state index contributed by atoms with van der Waals surface area (Å²) in [6.45, 7) is 0.975. The molecule has 3 nitrogen and oxygen atoms in total. The second-order valence-corrected chi connectivity index (χ2v) is 6.65. The fourth-order valence-electron chi connectivity index (χ4n) is 3.50. The number of likely N-dealkylation sites (tertiary alicyclic amines) is 1. The molecule has 25 heavy (non-hydrogen) atoms. The quantitative estimate of drug-likeness (QED) is 0.764. The fraction of sp³-hybridized carbons (Fsp3) is 0.474. The van der Waals surface area contributed by atoms with Crippen LogP contribution >= 0.6 is 0 Å². The van der Waals surface area contributed by atoms with E-state index in [2.05, 4.69) is 0 Å². The van der Waals surface area contributed by atoms with Gasteiger partial charge in [0.25, 0.3) is 0 Å². The van der Waals surface area contributed by atoms with E-state index in [1.165, 1.54) is 12.1 Å². The van der Waals surface area contributed by atoms with Gasteiger partial charge in [-0.3, -0.25) is 9.59 Å². The number of hydrogen-bond acceptors (Lipinski definition) is 2. The van der Waals surface area contributed by atoms with Crippen LogP contribution in [0.4, 0.5) is 13.2 Å². The monoisotopic (exact) mass is 351 g/mol. The summed E-state index contributed by atoms with van der Waals surface area (Å²) in [4.78, 5) is 26.8. The lowest BCUT2D eigenvalue weighted by Crippen LogP contribution is -2.42. The van der Waals surface area contributed by atoms with Crippen molar-refractivity contribution in [1.82, 2.24) is 4.90 Å². The van der Waals surface area contributed by atoms with Crippen LogP contribution < -0.4 is 0 Å². The van der Waals surface area contributed by atoms with Crippen LogP contribution in [-0.4, -0.2) is 29.7 Å². The zero-order valence-corrected chi connectivity index (χ0v) is 13.8. The van der Waals surface area contributed by atoms with E-state index in [1.807, 2.05) is 6.08 Å². The lowest BCUT2D eigenvalue weighted by molar-refractivity contribution is -0.137. The summed E-state index contributed by atoms with van der Waals surface area (Å²) in [6, 6.07) is 4.32. The maximum atomic E-state index is 12.6. The first-order valence-electron chi connectivity index (χ1n) is 8.56. The Labute approximate surface area is 144 Å². The molecule has 0 radical (unpaired) electrons. The highest BCUT2D eigenvalue weighted by Gasteiger charge is 2.32. The highest BCUT2D eigenvalue weighted by atomic mass is 19.4. The summed E-state index contributed by atoms with van der Waals surface area (Å²) in [5.41, 5.74) is 0.327. The summed E-state index contributed by atoms with van der Waals surface area (Å²) < 4.78 is 37.9. The number of amides is 1. The molecule has 1 fully saturated rings. The molecule has 1 aliphatic carbocycles. The van der Waals surface area contributed by atoms with Crippen LogP contribution in [0.25, 0.3) is 0 Å². The smallest absolute Gasteiger partial charge is 0.338 e. The van der Waals surface area contributed by atoms with Crippen molar-refractivity contribution >= 4 is 11.7 Å². The first kappa shape index (κ1) is 17.7. The molecule has 1 atom stereocenters. The molecule has 0 spiro atoms. The number of allylic oxidation sites excluding steroid dienone is 1. The summed E-state index contributed by atoms with van der Waals surface area (Å²) in [6.07, 6.45) is 1.63. The molecule has 134 valence electrons. The molecule has 1 aromatic carbocycles. The SMILES string of the molecule is O=C(c1ccc(C(F)(F)F)cc1)[C@H]1CCCN(C(=O)C2=CCCC2)C1. The van der Waals surface area contributed by atoms with E-state index >= 15 is 0 Å². The average Bonchev–Trinajstić information content (AvgIpc) is 3.14. The molecule has 0 unspecified atom stereocenters. The van der Waals surface area contributed by atoms with Gasteiger partial charge in [-0.25, -0.2) is 0 Å². The number of halogens is 3. The van der Waals surface area contributed by atoms with Gasteiger partial charge in [0.15, 0.2) is 5.78 Å². The van der Waals surface area contributed by atoms with E-state index in [0.29, 0.717) is 19.5 Å². The maximum Gasteiger partial charge on any atom is 0.416 e. The maximum absolute atomic E-state index is 12.6. The number of carbonyl (C=O) groups excluding carboxylic acids is 2. The molecule has 0 bridgehead atoms. The van der Waals surface area contributed by atoms with Crippen molar-refractivity contribution in [3.05, 3.63) is 47.0 Å². The lowest BCUT2D eigenvalue weighted by Gasteiger charge is -2.32. The second kappa shape index (κ2) is 7.02. The number of alkyl halides is 3. The first-order chi connectivity index (χ1) is 11.9. The van der Waals surface area contributed by atoms with Crippen LogP contribution in [0.2, 0.25) is 0 Å². The Morgan fingerprint density at radius 3 is 2.40 bits per heavy atom. The Balaban J connectivity index is 1.68. The van der Waals surface area contributed by atoms with Crippen LogP contribution in [0.1, 0.15) is 48.0 Å². The minimum absolute atomic E-state index is 0.00224. The van der Waals surface area contributed by atoms with Crippen LogP contribution in [0.5, 0.6) is 0 Å². The molecule has 6 heteroatoms. The van der Waals surface area contributed by atoms with Crippen molar-refractivity contribution in [3.63, 3.8) is 0 Å². The highest BCUT2D eigenvalue weighted by molar-refractivity contribution is 5.99. The van der Waals surface area contributed by atoms with E-state index in [9.17, 15) is 22.8 Å². The van der Waals surface area contributed by atoms with E-state index in [4.69, 9.17) is 0 Å². The molecule has 1 aromatic rings. The van der Waals surface area contributed by atoms with Crippen molar-refractivity contribution < 1.29 is 22.8 Å². The zero-order valence-electron chi connectivity index (χ0n) is 13.8. The predicted octanol–water partition coefficient (Wildman–Crippen LogP) is 4.24. The minimum atomic E-state index is -4.41. The minimum Gasteiger partial charge on any atom is -0.338 e. The molecule has 1 heterocycles. The van der Waals surface area contributed by atoms with Crippen molar-refractivity contribution in [2.75, 3.05) is 13.1 Å². The molecular weight excluding hydrogens is 331 g/mol. The number of ketones is 1. The van der Waals surface area contributed by atoms with Crippen LogP contribution in [0.15, 0.2) is 35.9 Å². The van der Waals surface area contributed by atoms with Crippen LogP contribution in [0, 0.1) is 5.92 Å². The van der Waals surface area contributed by atoms with Gasteiger partial charge in [0.2, 0.25) is 5.91 Å². The van der Waals surface area contributed by atoms with Crippen molar-refractivity contribution in [2.45, 2.75) is 38.3 Å². The molecule has 1 saturated heterocycles. The van der Waals surface area contributed by atoms with Gasteiger partial charge in [-0.15, -0.1) is 0 Å². The molecule has 3 rings (SSSR count). The number of piperidine rings is 1. The van der Waals surface area contributed by atoms with Gasteiger partial charge < -0.3 is 4.90 Å². The number of carbonyl (C=O) groups is 2.